The summed E-state index contributed by atoms with van der Waals surface area (Å²) in [5, 5.41) is 8.70. The highest BCUT2D eigenvalue weighted by atomic mass is 16.4. The molecule has 0 aromatic carbocycles. The highest BCUT2D eigenvalue weighted by molar-refractivity contribution is 5.94. The fraction of sp³-hybridized carbons (Fsp3) is 0.714. The van der Waals surface area contributed by atoms with Gasteiger partial charge < -0.3 is 5.11 Å². The summed E-state index contributed by atoms with van der Waals surface area (Å²) < 4.78 is 0. The lowest BCUT2D eigenvalue weighted by Gasteiger charge is -2.29. The molecule has 0 radical (unpaired) electrons. The van der Waals surface area contributed by atoms with Gasteiger partial charge in [0.15, 0.2) is 5.78 Å². The van der Waals surface area contributed by atoms with E-state index in [0.717, 1.165) is 37.8 Å². The van der Waals surface area contributed by atoms with Crippen LogP contribution in [-0.2, 0) is 9.59 Å². The molecule has 2 bridgehead atoms. The number of ketones is 1. The van der Waals surface area contributed by atoms with E-state index in [-0.39, 0.29) is 18.2 Å². The van der Waals surface area contributed by atoms with Crippen molar-refractivity contribution in [3.8, 4) is 0 Å². The van der Waals surface area contributed by atoms with Crippen molar-refractivity contribution >= 4 is 11.8 Å². The van der Waals surface area contributed by atoms with Gasteiger partial charge in [-0.2, -0.15) is 0 Å². The molecule has 0 aromatic heterocycles. The Morgan fingerprint density at radius 1 is 1.39 bits per heavy atom. The Bertz CT molecular complexity index is 375. The minimum absolute atomic E-state index is 0.172. The zero-order valence-corrected chi connectivity index (χ0v) is 10.9. The van der Waals surface area contributed by atoms with Gasteiger partial charge in [0, 0.05) is 24.1 Å². The first-order valence-corrected chi connectivity index (χ1v) is 6.78. The molecule has 4 nitrogen and oxygen atoms in total. The van der Waals surface area contributed by atoms with Crippen molar-refractivity contribution in [1.82, 2.24) is 4.90 Å². The van der Waals surface area contributed by atoms with Crippen molar-refractivity contribution in [2.24, 2.45) is 0 Å². The predicted molar refractivity (Wildman–Crippen MR) is 68.4 cm³/mol. The molecule has 2 heterocycles. The molecule has 1 fully saturated rings. The van der Waals surface area contributed by atoms with Crippen LogP contribution in [0.15, 0.2) is 11.6 Å². The van der Waals surface area contributed by atoms with Crippen molar-refractivity contribution in [3.05, 3.63) is 11.6 Å². The Labute approximate surface area is 108 Å². The summed E-state index contributed by atoms with van der Waals surface area (Å²) in [4.78, 5) is 24.6. The first-order chi connectivity index (χ1) is 8.59. The maximum absolute atomic E-state index is 11.7. The van der Waals surface area contributed by atoms with Crippen LogP contribution >= 0.6 is 0 Å². The minimum atomic E-state index is -0.737. The average molecular weight is 251 g/mol. The van der Waals surface area contributed by atoms with E-state index in [2.05, 4.69) is 11.0 Å². The number of carboxylic acids is 1. The first kappa shape index (κ1) is 13.3. The standard InChI is InChI=1S/C14H21NO3/c1-10(16)12-5-2-4-11-7-8-13(12)15(11)9-3-6-14(17)18/h5,11,13H,2-4,6-9H2,1H3,(H,17,18)/t11-,13?/m0/s1. The molecule has 0 aromatic rings. The summed E-state index contributed by atoms with van der Waals surface area (Å²) in [5.74, 6) is -0.565. The third-order valence-corrected chi connectivity index (χ3v) is 4.08. The van der Waals surface area contributed by atoms with E-state index in [0.29, 0.717) is 12.5 Å². The molecule has 2 rings (SSSR count). The number of allylic oxidation sites excluding steroid dienone is 1. The molecule has 1 unspecified atom stereocenters. The van der Waals surface area contributed by atoms with Crippen molar-refractivity contribution in [3.63, 3.8) is 0 Å². The van der Waals surface area contributed by atoms with Crippen molar-refractivity contribution < 1.29 is 14.7 Å². The van der Waals surface area contributed by atoms with E-state index < -0.39 is 5.97 Å². The zero-order chi connectivity index (χ0) is 13.1. The summed E-state index contributed by atoms with van der Waals surface area (Å²) in [6.45, 7) is 2.44. The van der Waals surface area contributed by atoms with Crippen molar-refractivity contribution in [1.29, 1.82) is 0 Å². The van der Waals surface area contributed by atoms with Crippen molar-refractivity contribution in [2.75, 3.05) is 6.54 Å². The molecule has 0 amide bonds. The van der Waals surface area contributed by atoms with Gasteiger partial charge in [-0.15, -0.1) is 0 Å². The number of fused-ring (bicyclic) bond motifs is 2. The SMILES string of the molecule is CC(=O)C1=CCC[C@H]2CCC1N2CCCC(=O)O. The minimum Gasteiger partial charge on any atom is -0.481 e. The lowest BCUT2D eigenvalue weighted by Crippen LogP contribution is -2.38. The molecule has 0 saturated carbocycles. The molecule has 1 saturated heterocycles. The van der Waals surface area contributed by atoms with E-state index >= 15 is 0 Å². The second-order valence-corrected chi connectivity index (χ2v) is 5.28. The molecule has 100 valence electrons. The van der Waals surface area contributed by atoms with E-state index in [1.54, 1.807) is 6.92 Å². The van der Waals surface area contributed by atoms with Crippen LogP contribution in [0.5, 0.6) is 0 Å². The van der Waals surface area contributed by atoms with E-state index in [1.165, 1.54) is 0 Å². The number of hydrogen-bond donors (Lipinski definition) is 1. The molecule has 0 aliphatic carbocycles. The maximum Gasteiger partial charge on any atom is 0.303 e. The molecule has 0 spiro atoms. The Balaban J connectivity index is 2.03. The van der Waals surface area contributed by atoms with Crippen LogP contribution in [0.1, 0.15) is 45.4 Å². The maximum atomic E-state index is 11.7. The number of carbonyl (C=O) groups is 2. The van der Waals surface area contributed by atoms with Gasteiger partial charge in [-0.05, 0) is 45.6 Å². The Morgan fingerprint density at radius 2 is 2.17 bits per heavy atom. The fourth-order valence-electron chi connectivity index (χ4n) is 3.28. The van der Waals surface area contributed by atoms with Crippen LogP contribution in [-0.4, -0.2) is 40.4 Å². The third-order valence-electron chi connectivity index (χ3n) is 4.08. The molecular formula is C14H21NO3. The highest BCUT2D eigenvalue weighted by Gasteiger charge is 2.37. The molecule has 2 aliphatic heterocycles. The summed E-state index contributed by atoms with van der Waals surface area (Å²) in [6, 6.07) is 0.778. The second-order valence-electron chi connectivity index (χ2n) is 5.28. The predicted octanol–water partition coefficient (Wildman–Crippen LogP) is 1.99. The second kappa shape index (κ2) is 5.65. The monoisotopic (exact) mass is 251 g/mol. The summed E-state index contributed by atoms with van der Waals surface area (Å²) in [5.41, 5.74) is 0.949. The Morgan fingerprint density at radius 3 is 2.83 bits per heavy atom. The summed E-state index contributed by atoms with van der Waals surface area (Å²) >= 11 is 0. The van der Waals surface area contributed by atoms with Gasteiger partial charge in [0.2, 0.25) is 0 Å². The van der Waals surface area contributed by atoms with Crippen LogP contribution < -0.4 is 0 Å². The number of carboxylic acid groups (broad SMARTS) is 1. The largest absolute Gasteiger partial charge is 0.481 e. The molecule has 1 N–H and O–H groups in total. The first-order valence-electron chi connectivity index (χ1n) is 6.78. The molecule has 2 aliphatic rings. The number of carbonyl (C=O) groups excluding carboxylic acids is 1. The average Bonchev–Trinajstić information content (AvgIpc) is 2.53. The van der Waals surface area contributed by atoms with Gasteiger partial charge in [0.25, 0.3) is 0 Å². The van der Waals surface area contributed by atoms with E-state index in [9.17, 15) is 9.59 Å². The van der Waals surface area contributed by atoms with Crippen LogP contribution in [0, 0.1) is 0 Å². The van der Waals surface area contributed by atoms with Gasteiger partial charge in [0.05, 0.1) is 0 Å². The molecular weight excluding hydrogens is 230 g/mol. The van der Waals surface area contributed by atoms with Crippen LogP contribution in [0.2, 0.25) is 0 Å². The van der Waals surface area contributed by atoms with Gasteiger partial charge >= 0.3 is 5.97 Å². The van der Waals surface area contributed by atoms with Crippen LogP contribution in [0.3, 0.4) is 0 Å². The fourth-order valence-corrected chi connectivity index (χ4v) is 3.28. The Hall–Kier alpha value is -1.16. The molecule has 18 heavy (non-hydrogen) atoms. The van der Waals surface area contributed by atoms with Gasteiger partial charge in [0.1, 0.15) is 0 Å². The summed E-state index contributed by atoms with van der Waals surface area (Å²) in [7, 11) is 0. The third kappa shape index (κ3) is 2.80. The quantitative estimate of drug-likeness (QED) is 0.812. The normalized spacial score (nSPS) is 27.7. The van der Waals surface area contributed by atoms with E-state index in [4.69, 9.17) is 5.11 Å². The van der Waals surface area contributed by atoms with Crippen LogP contribution in [0.4, 0.5) is 0 Å². The topological polar surface area (TPSA) is 57.6 Å². The molecule has 2 atom stereocenters. The van der Waals surface area contributed by atoms with Gasteiger partial charge in [-0.1, -0.05) is 6.08 Å². The van der Waals surface area contributed by atoms with E-state index in [1.807, 2.05) is 0 Å². The lowest BCUT2D eigenvalue weighted by molar-refractivity contribution is -0.137. The number of rotatable bonds is 5. The number of nitrogens with zero attached hydrogens (tertiary/aromatic N) is 1. The van der Waals surface area contributed by atoms with Crippen molar-refractivity contribution in [2.45, 2.75) is 57.5 Å². The number of aliphatic carboxylic acids is 1. The number of hydrogen-bond acceptors (Lipinski definition) is 3. The summed E-state index contributed by atoms with van der Waals surface area (Å²) in [6.07, 6.45) is 7.25. The zero-order valence-electron chi connectivity index (χ0n) is 10.9. The van der Waals surface area contributed by atoms with Crippen LogP contribution in [0.25, 0.3) is 0 Å². The van der Waals surface area contributed by atoms with Gasteiger partial charge in [-0.25, -0.2) is 0 Å². The van der Waals surface area contributed by atoms with Gasteiger partial charge in [-0.3, -0.25) is 14.5 Å². The smallest absolute Gasteiger partial charge is 0.303 e. The molecule has 4 heteroatoms. The number of Topliss-reactive ketones (excluding diaryl/α,β-unsaturated/α-hetero) is 1. The Kier molecular flexibility index (Phi) is 4.17. The highest BCUT2D eigenvalue weighted by Crippen LogP contribution is 2.35. The lowest BCUT2D eigenvalue weighted by atomic mass is 9.97.